The molecule has 0 spiro atoms. The van der Waals surface area contributed by atoms with Crippen LogP contribution in [0.5, 0.6) is 5.75 Å². The minimum Gasteiger partial charge on any atom is -0.508 e. The predicted octanol–water partition coefficient (Wildman–Crippen LogP) is 2.71. The van der Waals surface area contributed by atoms with E-state index in [4.69, 9.17) is 5.73 Å². The summed E-state index contributed by atoms with van der Waals surface area (Å²) >= 11 is 0. The number of phenolic OH excluding ortho intramolecular Hbond substituents is 1. The average Bonchev–Trinajstić information content (AvgIpc) is 2.87. The van der Waals surface area contributed by atoms with Gasteiger partial charge in [0.2, 0.25) is 5.78 Å². The minimum absolute atomic E-state index is 0. The van der Waals surface area contributed by atoms with Crippen LogP contribution < -0.4 is 5.73 Å². The van der Waals surface area contributed by atoms with Gasteiger partial charge >= 0.3 is 0 Å². The molecule has 0 aromatic heterocycles. The van der Waals surface area contributed by atoms with Gasteiger partial charge < -0.3 is 26.2 Å². The highest BCUT2D eigenvalue weighted by molar-refractivity contribution is 6.24. The summed E-state index contributed by atoms with van der Waals surface area (Å²) in [5.41, 5.74) is 4.37. The fourth-order valence-corrected chi connectivity index (χ4v) is 7.39. The second-order valence-electron chi connectivity index (χ2n) is 12.3. The molecule has 5 rings (SSSR count). The van der Waals surface area contributed by atoms with Crippen LogP contribution in [0.2, 0.25) is 0 Å². The van der Waals surface area contributed by atoms with Crippen molar-refractivity contribution in [2.24, 2.45) is 17.6 Å². The van der Waals surface area contributed by atoms with Crippen molar-refractivity contribution in [1.29, 1.82) is 0 Å². The van der Waals surface area contributed by atoms with Gasteiger partial charge in [-0.1, -0.05) is 33.8 Å². The molecule has 10 heteroatoms. The maximum absolute atomic E-state index is 14.1. The molecule has 1 aromatic carbocycles. The number of fused-ring (bicyclic) bond motifs is 3. The lowest BCUT2D eigenvalue weighted by molar-refractivity contribution is -0.153. The van der Waals surface area contributed by atoms with E-state index in [1.54, 1.807) is 14.1 Å². The van der Waals surface area contributed by atoms with Crippen LogP contribution in [0.4, 0.5) is 0 Å². The molecule has 10 nitrogen and oxygen atoms in total. The number of nitrogens with two attached hydrogens (primary N) is 1. The molecule has 1 saturated carbocycles. The molecule has 3 aliphatic carbocycles. The Labute approximate surface area is 241 Å². The summed E-state index contributed by atoms with van der Waals surface area (Å²) in [6.07, 6.45) is 3.71. The number of likely N-dealkylation sites (N-methyl/N-ethyl adjacent to an activating group) is 1. The molecule has 0 unspecified atom stereocenters. The molecule has 4 aliphatic rings. The number of primary amides is 1. The first kappa shape index (κ1) is 30.7. The van der Waals surface area contributed by atoms with Crippen molar-refractivity contribution in [2.45, 2.75) is 77.5 Å². The van der Waals surface area contributed by atoms with Gasteiger partial charge in [-0.3, -0.25) is 24.2 Å². The van der Waals surface area contributed by atoms with Gasteiger partial charge in [0.05, 0.1) is 11.6 Å². The molecule has 0 radical (unpaired) electrons. The maximum Gasteiger partial charge on any atom is 0.255 e. The largest absolute Gasteiger partial charge is 0.508 e. The summed E-state index contributed by atoms with van der Waals surface area (Å²) in [4.78, 5) is 43.3. The van der Waals surface area contributed by atoms with E-state index in [2.05, 4.69) is 4.90 Å². The van der Waals surface area contributed by atoms with Gasteiger partial charge in [0, 0.05) is 23.6 Å². The van der Waals surface area contributed by atoms with Crippen LogP contribution in [-0.4, -0.2) is 86.5 Å². The fourth-order valence-electron chi connectivity index (χ4n) is 7.39. The number of Topliss-reactive ketones (excluding diaryl/α,β-unsaturated/α-hetero) is 2. The van der Waals surface area contributed by atoms with Crippen LogP contribution in [0.15, 0.2) is 23.0 Å². The molecule has 224 valence electrons. The molecule has 41 heavy (non-hydrogen) atoms. The van der Waals surface area contributed by atoms with Crippen LogP contribution in [-0.2, 0) is 27.3 Å². The Morgan fingerprint density at radius 1 is 1.15 bits per heavy atom. The van der Waals surface area contributed by atoms with E-state index >= 15 is 0 Å². The topological polar surface area (TPSA) is 165 Å². The summed E-state index contributed by atoms with van der Waals surface area (Å²) in [7, 11) is 3.18. The zero-order valence-electron chi connectivity index (χ0n) is 23.5. The highest BCUT2D eigenvalue weighted by atomic mass is 16.3. The second-order valence-corrected chi connectivity index (χ2v) is 12.3. The normalized spacial score (nSPS) is 28.4. The molecule has 0 bridgehead atoms. The number of aromatic hydroxyl groups is 1. The van der Waals surface area contributed by atoms with E-state index in [0.29, 0.717) is 18.5 Å². The van der Waals surface area contributed by atoms with Crippen LogP contribution in [0.3, 0.4) is 0 Å². The van der Waals surface area contributed by atoms with Crippen LogP contribution >= 0.6 is 0 Å². The molecule has 1 saturated heterocycles. The molecular formula is C31H43N3O7. The highest BCUT2D eigenvalue weighted by Gasteiger charge is 2.64. The number of piperidine rings is 1. The lowest BCUT2D eigenvalue weighted by Crippen LogP contribution is -2.65. The van der Waals surface area contributed by atoms with Gasteiger partial charge in [-0.15, -0.1) is 0 Å². The van der Waals surface area contributed by atoms with Gasteiger partial charge in [-0.25, -0.2) is 0 Å². The zero-order chi connectivity index (χ0) is 29.3. The summed E-state index contributed by atoms with van der Waals surface area (Å²) in [5.74, 6) is -6.19. The third-order valence-corrected chi connectivity index (χ3v) is 9.30. The van der Waals surface area contributed by atoms with Crippen LogP contribution in [0.25, 0.3) is 5.76 Å². The number of carbonyl (C=O) groups is 3. The quantitative estimate of drug-likeness (QED) is 0.335. The van der Waals surface area contributed by atoms with Crippen molar-refractivity contribution >= 4 is 23.2 Å². The van der Waals surface area contributed by atoms with E-state index in [9.17, 15) is 34.8 Å². The Morgan fingerprint density at radius 2 is 1.78 bits per heavy atom. The Morgan fingerprint density at radius 3 is 2.34 bits per heavy atom. The lowest BCUT2D eigenvalue weighted by Gasteiger charge is -2.50. The highest BCUT2D eigenvalue weighted by Crippen LogP contribution is 2.53. The first-order chi connectivity index (χ1) is 18.8. The molecule has 1 aliphatic heterocycles. The summed E-state index contributed by atoms with van der Waals surface area (Å²) in [6, 6.07) is 0.898. The van der Waals surface area contributed by atoms with Crippen molar-refractivity contribution in [1.82, 2.24) is 9.80 Å². The van der Waals surface area contributed by atoms with E-state index < -0.39 is 58.0 Å². The number of aliphatic hydroxyl groups excluding tert-OH is 2. The molecule has 1 heterocycles. The zero-order valence-corrected chi connectivity index (χ0v) is 23.5. The Balaban J connectivity index is 0.00000387. The van der Waals surface area contributed by atoms with Crippen molar-refractivity contribution < 1.29 is 34.8 Å². The number of carbonyl (C=O) groups excluding carboxylic acids is 3. The number of likely N-dealkylation sites (tertiary alicyclic amines) is 1. The average molecular weight is 570 g/mol. The molecular weight excluding hydrogens is 526 g/mol. The van der Waals surface area contributed by atoms with Gasteiger partial charge in [0.1, 0.15) is 22.8 Å². The third kappa shape index (κ3) is 4.56. The summed E-state index contributed by atoms with van der Waals surface area (Å²) in [6.45, 7) is 6.40. The Bertz CT molecular complexity index is 1360. The third-order valence-electron chi connectivity index (χ3n) is 9.30. The number of rotatable bonds is 5. The van der Waals surface area contributed by atoms with Crippen molar-refractivity contribution in [3.05, 3.63) is 45.2 Å². The molecule has 1 amide bonds. The SMILES string of the molecule is C.CC(C)c1cc(CN2CCCCC2)c(O)c2c1C[C@H]1C[C@H]3[C@H](N(C)C)C(=O)C(C(N)=O)=C(O)[C@@]3(O)C(=O)C1=C2O. The molecule has 4 atom stereocenters. The molecule has 1 aromatic rings. The standard InChI is InChI=1S/C30H39N3O7.CH4/c1-14(2)17-11-16(13-33-8-6-5-7-9-33)24(34)21-18(17)10-15-12-19-23(32(3)4)26(36)22(29(31)39)28(38)30(19,40)27(37)20(15)25(21)35;/h11,14-15,19,23,34-35,38,40H,5-10,12-13H2,1-4H3,(H2,31,39);1H4/t15-,19-,23-,30-;/m0./s1. The summed E-state index contributed by atoms with van der Waals surface area (Å²) in [5, 5.41) is 45.9. The van der Waals surface area contributed by atoms with E-state index in [1.807, 2.05) is 19.9 Å². The maximum atomic E-state index is 14.1. The van der Waals surface area contributed by atoms with Gasteiger partial charge in [-0.05, 0) is 75.8 Å². The second kappa shape index (κ2) is 10.9. The Kier molecular flexibility index (Phi) is 8.16. The number of aliphatic hydroxyl groups is 3. The number of nitrogens with zero attached hydrogens (tertiary/aromatic N) is 2. The summed E-state index contributed by atoms with van der Waals surface area (Å²) < 4.78 is 0. The molecule has 6 N–H and O–H groups in total. The predicted molar refractivity (Wildman–Crippen MR) is 154 cm³/mol. The number of hydrogen-bond acceptors (Lipinski definition) is 9. The lowest BCUT2D eigenvalue weighted by atomic mass is 9.57. The number of amides is 1. The van der Waals surface area contributed by atoms with E-state index in [1.165, 1.54) is 11.3 Å². The fraction of sp³-hybridized carbons (Fsp3) is 0.581. The van der Waals surface area contributed by atoms with Gasteiger partial charge in [-0.2, -0.15) is 0 Å². The van der Waals surface area contributed by atoms with Crippen LogP contribution in [0.1, 0.15) is 75.1 Å². The van der Waals surface area contributed by atoms with E-state index in [-0.39, 0.29) is 36.7 Å². The monoisotopic (exact) mass is 569 g/mol. The van der Waals surface area contributed by atoms with Crippen molar-refractivity contribution in [2.75, 3.05) is 27.2 Å². The van der Waals surface area contributed by atoms with Gasteiger partial charge in [0.15, 0.2) is 11.4 Å². The number of benzene rings is 1. The number of hydrogen-bond donors (Lipinski definition) is 5. The number of phenols is 1. The molecule has 2 fully saturated rings. The number of ketones is 2. The van der Waals surface area contributed by atoms with Crippen LogP contribution in [0, 0.1) is 11.8 Å². The minimum atomic E-state index is -2.63. The van der Waals surface area contributed by atoms with E-state index in [0.717, 1.165) is 37.1 Å². The van der Waals surface area contributed by atoms with Crippen molar-refractivity contribution in [3.8, 4) is 5.75 Å². The Hall–Kier alpha value is -3.21. The first-order valence-electron chi connectivity index (χ1n) is 14.0. The smallest absolute Gasteiger partial charge is 0.255 e. The first-order valence-corrected chi connectivity index (χ1v) is 14.0. The van der Waals surface area contributed by atoms with Crippen molar-refractivity contribution in [3.63, 3.8) is 0 Å². The van der Waals surface area contributed by atoms with Gasteiger partial charge in [0.25, 0.3) is 5.91 Å².